The first kappa shape index (κ1) is 8.00. The Balaban J connectivity index is 2.76. The summed E-state index contributed by atoms with van der Waals surface area (Å²) in [5.74, 6) is -0.926. The van der Waals surface area contributed by atoms with Gasteiger partial charge in [0.1, 0.15) is 5.75 Å². The van der Waals surface area contributed by atoms with E-state index in [9.17, 15) is 4.79 Å². The number of hydrogen-bond acceptors (Lipinski definition) is 4. The number of carboxylic acids is 1. The van der Waals surface area contributed by atoms with Gasteiger partial charge in [0, 0.05) is 5.39 Å². The third-order valence-corrected chi connectivity index (χ3v) is 2.47. The first-order valence-corrected chi connectivity index (χ1v) is 4.27. The number of aromatic carboxylic acids is 1. The maximum absolute atomic E-state index is 10.6. The zero-order valence-corrected chi connectivity index (χ0v) is 7.21. The van der Waals surface area contributed by atoms with Gasteiger partial charge < -0.3 is 10.2 Å². The molecule has 0 spiro atoms. The molecule has 0 bridgehead atoms. The molecule has 2 rings (SSSR count). The van der Waals surface area contributed by atoms with Crippen LogP contribution in [0, 0.1) is 0 Å². The van der Waals surface area contributed by atoms with Crippen LogP contribution in [0.3, 0.4) is 0 Å². The Morgan fingerprint density at radius 1 is 1.46 bits per heavy atom. The third kappa shape index (κ3) is 1.23. The van der Waals surface area contributed by atoms with Crippen LogP contribution in [0.25, 0.3) is 10.1 Å². The van der Waals surface area contributed by atoms with Crippen LogP contribution in [0.2, 0.25) is 0 Å². The molecule has 2 aromatic rings. The number of fused-ring (bicyclic) bond motifs is 1. The number of rotatable bonds is 1. The molecule has 4 nitrogen and oxygen atoms in total. The van der Waals surface area contributed by atoms with E-state index in [0.29, 0.717) is 10.1 Å². The summed E-state index contributed by atoms with van der Waals surface area (Å²) in [4.78, 5) is 10.6. The van der Waals surface area contributed by atoms with Gasteiger partial charge >= 0.3 is 5.97 Å². The highest BCUT2D eigenvalue weighted by Crippen LogP contribution is 2.26. The Bertz CT molecular complexity index is 477. The number of aromatic nitrogens is 1. The van der Waals surface area contributed by atoms with E-state index in [2.05, 4.69) is 4.37 Å². The molecule has 0 saturated carbocycles. The number of phenols is 1. The molecule has 0 amide bonds. The molecule has 0 saturated heterocycles. The SMILES string of the molecule is O=C(O)c1nsc2cc(O)ccc12. The lowest BCUT2D eigenvalue weighted by Crippen LogP contribution is -1.95. The van der Waals surface area contributed by atoms with E-state index in [1.807, 2.05) is 0 Å². The molecule has 1 aromatic heterocycles. The number of benzene rings is 1. The average molecular weight is 195 g/mol. The lowest BCUT2D eigenvalue weighted by atomic mass is 10.2. The fourth-order valence-electron chi connectivity index (χ4n) is 1.08. The highest BCUT2D eigenvalue weighted by Gasteiger charge is 2.12. The number of aromatic hydroxyl groups is 1. The van der Waals surface area contributed by atoms with E-state index in [-0.39, 0.29) is 11.4 Å². The van der Waals surface area contributed by atoms with Gasteiger partial charge in [-0.25, -0.2) is 4.79 Å². The number of hydrogen-bond donors (Lipinski definition) is 2. The van der Waals surface area contributed by atoms with Crippen LogP contribution in [0.4, 0.5) is 0 Å². The van der Waals surface area contributed by atoms with Crippen molar-refractivity contribution in [1.29, 1.82) is 0 Å². The van der Waals surface area contributed by atoms with Crippen LogP contribution >= 0.6 is 11.5 Å². The zero-order valence-electron chi connectivity index (χ0n) is 6.39. The van der Waals surface area contributed by atoms with Crippen LogP contribution in [-0.4, -0.2) is 20.6 Å². The minimum Gasteiger partial charge on any atom is -0.508 e. The molecule has 5 heteroatoms. The molecule has 0 aliphatic carbocycles. The molecular weight excluding hydrogens is 190 g/mol. The Hall–Kier alpha value is -1.62. The van der Waals surface area contributed by atoms with Crippen molar-refractivity contribution in [2.75, 3.05) is 0 Å². The van der Waals surface area contributed by atoms with Gasteiger partial charge in [0.05, 0.1) is 4.70 Å². The summed E-state index contributed by atoms with van der Waals surface area (Å²) in [5.41, 5.74) is 0.0417. The fraction of sp³-hybridized carbons (Fsp3) is 0. The fourth-order valence-corrected chi connectivity index (χ4v) is 1.88. The second-order valence-corrected chi connectivity index (χ2v) is 3.32. The summed E-state index contributed by atoms with van der Waals surface area (Å²) in [5, 5.41) is 18.4. The first-order chi connectivity index (χ1) is 6.18. The van der Waals surface area contributed by atoms with Crippen molar-refractivity contribution < 1.29 is 15.0 Å². The zero-order chi connectivity index (χ0) is 9.42. The molecule has 1 aromatic carbocycles. The number of carbonyl (C=O) groups is 1. The monoisotopic (exact) mass is 195 g/mol. The molecule has 0 unspecified atom stereocenters. The van der Waals surface area contributed by atoms with Crippen LogP contribution in [0.15, 0.2) is 18.2 Å². The normalized spacial score (nSPS) is 10.5. The van der Waals surface area contributed by atoms with Gasteiger partial charge in [-0.15, -0.1) is 0 Å². The summed E-state index contributed by atoms with van der Waals surface area (Å²) < 4.78 is 4.45. The molecule has 0 aliphatic rings. The summed E-state index contributed by atoms with van der Waals surface area (Å²) in [6.07, 6.45) is 0. The molecular formula is C8H5NO3S. The Labute approximate surface area is 77.2 Å². The predicted molar refractivity (Wildman–Crippen MR) is 48.2 cm³/mol. The van der Waals surface area contributed by atoms with Crippen LogP contribution in [0.1, 0.15) is 10.5 Å². The van der Waals surface area contributed by atoms with E-state index in [1.54, 1.807) is 6.07 Å². The van der Waals surface area contributed by atoms with Gasteiger partial charge in [-0.3, -0.25) is 0 Å². The van der Waals surface area contributed by atoms with Crippen molar-refractivity contribution >= 4 is 27.6 Å². The summed E-state index contributed by atoms with van der Waals surface area (Å²) in [6, 6.07) is 4.50. The lowest BCUT2D eigenvalue weighted by Gasteiger charge is -1.91. The van der Waals surface area contributed by atoms with E-state index < -0.39 is 5.97 Å². The minimum absolute atomic E-state index is 0.0417. The topological polar surface area (TPSA) is 70.4 Å². The number of nitrogens with zero attached hydrogens (tertiary/aromatic N) is 1. The molecule has 1 heterocycles. The summed E-state index contributed by atoms with van der Waals surface area (Å²) in [7, 11) is 0. The molecule has 0 atom stereocenters. The summed E-state index contributed by atoms with van der Waals surface area (Å²) in [6.45, 7) is 0. The molecule has 13 heavy (non-hydrogen) atoms. The molecule has 0 fully saturated rings. The van der Waals surface area contributed by atoms with Gasteiger partial charge in [0.25, 0.3) is 0 Å². The van der Waals surface area contributed by atoms with Crippen LogP contribution < -0.4 is 0 Å². The standard InChI is InChI=1S/C8H5NO3S/c10-4-1-2-5-6(3-4)13-9-7(5)8(11)12/h1-3,10H,(H,11,12). The van der Waals surface area contributed by atoms with Crippen molar-refractivity contribution in [3.8, 4) is 5.75 Å². The number of phenolic OH excluding ortho intramolecular Hbond substituents is 1. The smallest absolute Gasteiger partial charge is 0.356 e. The second-order valence-electron chi connectivity index (χ2n) is 2.52. The van der Waals surface area contributed by atoms with Crippen molar-refractivity contribution in [1.82, 2.24) is 4.37 Å². The van der Waals surface area contributed by atoms with E-state index in [1.165, 1.54) is 12.1 Å². The van der Waals surface area contributed by atoms with Crippen LogP contribution in [0.5, 0.6) is 5.75 Å². The Kier molecular flexibility index (Phi) is 1.66. The van der Waals surface area contributed by atoms with Gasteiger partial charge in [0.15, 0.2) is 5.69 Å². The van der Waals surface area contributed by atoms with Gasteiger partial charge in [-0.1, -0.05) is 0 Å². The van der Waals surface area contributed by atoms with Gasteiger partial charge in [-0.2, -0.15) is 4.37 Å². The minimum atomic E-state index is -1.04. The molecule has 0 aliphatic heterocycles. The largest absolute Gasteiger partial charge is 0.508 e. The maximum Gasteiger partial charge on any atom is 0.356 e. The summed E-state index contributed by atoms with van der Waals surface area (Å²) >= 11 is 1.07. The van der Waals surface area contributed by atoms with E-state index >= 15 is 0 Å². The van der Waals surface area contributed by atoms with Crippen molar-refractivity contribution in [3.05, 3.63) is 23.9 Å². The highest BCUT2D eigenvalue weighted by molar-refractivity contribution is 7.13. The van der Waals surface area contributed by atoms with Gasteiger partial charge in [0.2, 0.25) is 0 Å². The highest BCUT2D eigenvalue weighted by atomic mass is 32.1. The first-order valence-electron chi connectivity index (χ1n) is 3.50. The Morgan fingerprint density at radius 2 is 2.23 bits per heavy atom. The second kappa shape index (κ2) is 2.70. The third-order valence-electron chi connectivity index (χ3n) is 1.66. The van der Waals surface area contributed by atoms with Crippen molar-refractivity contribution in [3.63, 3.8) is 0 Å². The van der Waals surface area contributed by atoms with Crippen molar-refractivity contribution in [2.45, 2.75) is 0 Å². The molecule has 2 N–H and O–H groups in total. The van der Waals surface area contributed by atoms with Gasteiger partial charge in [-0.05, 0) is 29.7 Å². The lowest BCUT2D eigenvalue weighted by molar-refractivity contribution is 0.0694. The van der Waals surface area contributed by atoms with Crippen LogP contribution in [-0.2, 0) is 0 Å². The van der Waals surface area contributed by atoms with Crippen molar-refractivity contribution in [2.24, 2.45) is 0 Å². The van der Waals surface area contributed by atoms with E-state index in [4.69, 9.17) is 10.2 Å². The predicted octanol–water partition coefficient (Wildman–Crippen LogP) is 1.70. The molecule has 66 valence electrons. The average Bonchev–Trinajstić information content (AvgIpc) is 2.46. The van der Waals surface area contributed by atoms with E-state index in [0.717, 1.165) is 11.5 Å². The quantitative estimate of drug-likeness (QED) is 0.726. The number of carboxylic acid groups (broad SMARTS) is 1. The maximum atomic E-state index is 10.6. The Morgan fingerprint density at radius 3 is 2.92 bits per heavy atom. The molecule has 0 radical (unpaired) electrons.